The van der Waals surface area contributed by atoms with Gasteiger partial charge in [-0.1, -0.05) is 12.1 Å². The predicted octanol–water partition coefficient (Wildman–Crippen LogP) is 5.64. The van der Waals surface area contributed by atoms with E-state index >= 15 is 0 Å². The maximum absolute atomic E-state index is 14.0. The molecule has 0 spiro atoms. The molecule has 50 heavy (non-hydrogen) atoms. The number of nitriles is 1. The second-order valence-electron chi connectivity index (χ2n) is 13.7. The Kier molecular flexibility index (Phi) is 8.92. The zero-order valence-electron chi connectivity index (χ0n) is 28.3. The molecule has 2 aliphatic heterocycles. The average Bonchev–Trinajstić information content (AvgIpc) is 3.68. The third kappa shape index (κ3) is 6.73. The van der Waals surface area contributed by atoms with Crippen molar-refractivity contribution in [2.45, 2.75) is 64.2 Å². The summed E-state index contributed by atoms with van der Waals surface area (Å²) in [6.45, 7) is 7.96. The van der Waals surface area contributed by atoms with Crippen molar-refractivity contribution in [1.29, 1.82) is 5.26 Å². The first-order valence-electron chi connectivity index (χ1n) is 16.8. The number of carbonyl (C=O) groups is 2. The number of piperidine rings is 2. The van der Waals surface area contributed by atoms with E-state index in [1.54, 1.807) is 21.7 Å². The molecule has 0 unspecified atom stereocenters. The topological polar surface area (TPSA) is 164 Å². The number of nitrogen functional groups attached to an aromatic ring is 1. The monoisotopic (exact) mass is 693 g/mol. The van der Waals surface area contributed by atoms with E-state index in [-0.39, 0.29) is 24.1 Å². The summed E-state index contributed by atoms with van der Waals surface area (Å²) in [5.74, 6) is 0.765. The zero-order valence-corrected chi connectivity index (χ0v) is 29.1. The molecule has 3 N–H and O–H groups in total. The number of ether oxygens (including phenoxy) is 2. The number of nitrogens with two attached hydrogens (primary N) is 1. The number of nitrogens with zero attached hydrogens (tertiary/aromatic N) is 7. The zero-order chi connectivity index (χ0) is 35.0. The van der Waals surface area contributed by atoms with E-state index in [1.165, 1.54) is 17.7 Å². The predicted molar refractivity (Wildman–Crippen MR) is 191 cm³/mol. The van der Waals surface area contributed by atoms with Crippen LogP contribution in [-0.4, -0.2) is 80.4 Å². The van der Waals surface area contributed by atoms with Gasteiger partial charge in [-0.15, -0.1) is 11.3 Å². The Hall–Kier alpha value is -5.42. The second-order valence-corrected chi connectivity index (χ2v) is 14.7. The van der Waals surface area contributed by atoms with Crippen LogP contribution in [-0.2, 0) is 4.74 Å². The highest BCUT2D eigenvalue weighted by Gasteiger charge is 2.31. The molecule has 13 nitrogen and oxygen atoms in total. The van der Waals surface area contributed by atoms with E-state index in [0.29, 0.717) is 60.1 Å². The summed E-state index contributed by atoms with van der Waals surface area (Å²) in [4.78, 5) is 39.6. The number of hydrogen-bond acceptors (Lipinski definition) is 11. The van der Waals surface area contributed by atoms with Crippen molar-refractivity contribution in [3.05, 3.63) is 65.6 Å². The van der Waals surface area contributed by atoms with E-state index in [1.807, 2.05) is 57.2 Å². The number of rotatable bonds is 6. The molecular formula is C36H39N9O4S. The highest BCUT2D eigenvalue weighted by Crippen LogP contribution is 2.40. The molecule has 0 radical (unpaired) electrons. The molecule has 5 aromatic rings. The van der Waals surface area contributed by atoms with Crippen molar-refractivity contribution in [3.8, 4) is 23.1 Å². The molecule has 7 rings (SSSR count). The van der Waals surface area contributed by atoms with Gasteiger partial charge in [0.1, 0.15) is 40.2 Å². The van der Waals surface area contributed by atoms with Crippen molar-refractivity contribution in [1.82, 2.24) is 29.8 Å². The van der Waals surface area contributed by atoms with Crippen LogP contribution in [0.4, 0.5) is 16.3 Å². The summed E-state index contributed by atoms with van der Waals surface area (Å²) in [5.41, 5.74) is 9.29. The molecule has 258 valence electrons. The smallest absolute Gasteiger partial charge is 0.410 e. The van der Waals surface area contributed by atoms with Crippen molar-refractivity contribution >= 4 is 50.4 Å². The number of amides is 2. The molecule has 2 aliphatic rings. The van der Waals surface area contributed by atoms with Gasteiger partial charge in [0.25, 0.3) is 5.91 Å². The third-order valence-corrected chi connectivity index (χ3v) is 10.1. The molecule has 14 heteroatoms. The highest BCUT2D eigenvalue weighted by atomic mass is 32.1. The lowest BCUT2D eigenvalue weighted by Crippen LogP contribution is -2.47. The van der Waals surface area contributed by atoms with Gasteiger partial charge in [-0.25, -0.2) is 19.3 Å². The molecule has 2 fully saturated rings. The minimum Gasteiger partial charge on any atom is -0.488 e. The lowest BCUT2D eigenvalue weighted by atomic mass is 10.0. The minimum absolute atomic E-state index is 0.132. The number of aromatic nitrogens is 4. The fraction of sp³-hybridized carbons (Fsp3) is 0.389. The van der Waals surface area contributed by atoms with E-state index < -0.39 is 5.60 Å². The van der Waals surface area contributed by atoms with E-state index in [2.05, 4.69) is 31.4 Å². The second kappa shape index (κ2) is 13.5. The van der Waals surface area contributed by atoms with Gasteiger partial charge in [0.15, 0.2) is 11.6 Å². The fourth-order valence-electron chi connectivity index (χ4n) is 6.61. The number of anilines is 2. The number of pyridine rings is 1. The number of carbonyl (C=O) groups excluding carboxylic acids is 2. The van der Waals surface area contributed by atoms with Gasteiger partial charge in [-0.3, -0.25) is 4.79 Å². The van der Waals surface area contributed by atoms with E-state index in [0.717, 1.165) is 46.4 Å². The summed E-state index contributed by atoms with van der Waals surface area (Å²) in [7, 11) is 0. The first-order valence-corrected chi connectivity index (χ1v) is 17.6. The van der Waals surface area contributed by atoms with Gasteiger partial charge < -0.3 is 30.3 Å². The van der Waals surface area contributed by atoms with Gasteiger partial charge in [0.2, 0.25) is 0 Å². The lowest BCUT2D eigenvalue weighted by molar-refractivity contribution is 0.0128. The highest BCUT2D eigenvalue weighted by molar-refractivity contribution is 7.21. The van der Waals surface area contributed by atoms with Crippen LogP contribution in [0.2, 0.25) is 0 Å². The Balaban J connectivity index is 1.09. The first kappa shape index (κ1) is 33.1. The van der Waals surface area contributed by atoms with Crippen LogP contribution in [0.15, 0.2) is 55.0 Å². The minimum atomic E-state index is -0.553. The molecule has 4 aromatic heterocycles. The third-order valence-electron chi connectivity index (χ3n) is 8.97. The molecule has 0 aliphatic carbocycles. The van der Waals surface area contributed by atoms with Gasteiger partial charge in [0.05, 0.1) is 11.4 Å². The van der Waals surface area contributed by atoms with Crippen LogP contribution in [0.1, 0.15) is 61.8 Å². The molecule has 0 saturated carbocycles. The summed E-state index contributed by atoms with van der Waals surface area (Å²) in [6.07, 6.45) is 5.57. The van der Waals surface area contributed by atoms with Crippen molar-refractivity contribution in [3.63, 3.8) is 0 Å². The van der Waals surface area contributed by atoms with Crippen LogP contribution in [0, 0.1) is 11.3 Å². The van der Waals surface area contributed by atoms with Crippen LogP contribution >= 0.6 is 11.3 Å². The summed E-state index contributed by atoms with van der Waals surface area (Å²) in [6, 6.07) is 15.3. The van der Waals surface area contributed by atoms with Crippen LogP contribution in [0.3, 0.4) is 0 Å². The van der Waals surface area contributed by atoms with Gasteiger partial charge >= 0.3 is 6.09 Å². The number of thiophene rings is 1. The molecular weight excluding hydrogens is 655 g/mol. The molecule has 1 atom stereocenters. The van der Waals surface area contributed by atoms with Gasteiger partial charge in [0, 0.05) is 66.9 Å². The van der Waals surface area contributed by atoms with Gasteiger partial charge in [-0.2, -0.15) is 10.4 Å². The number of benzene rings is 1. The largest absolute Gasteiger partial charge is 0.488 e. The summed E-state index contributed by atoms with van der Waals surface area (Å²) >= 11 is 1.43. The van der Waals surface area contributed by atoms with Crippen LogP contribution < -0.4 is 20.7 Å². The normalized spacial score (nSPS) is 17.1. The van der Waals surface area contributed by atoms with Crippen molar-refractivity contribution < 1.29 is 19.1 Å². The Morgan fingerprint density at radius 3 is 2.62 bits per heavy atom. The Labute approximate surface area is 293 Å². The standard InChI is InChI=1S/C36H39N9O4S/c1-36(2,3)49-35(47)43-15-12-25(13-16-43)48-31-26-8-4-5-9-29(26)50-32(31)34(46)42-24-7-6-14-44(20-24)28-17-27(22-10-11-23(18-37)39-19-22)45-30(28)33(38)40-21-41-45/h4-5,8-11,17,19,21,24-25H,6-7,12-16,20H2,1-3H3,(H,42,46)(H2,38,40,41)/t24-/m1/s1. The molecule has 2 saturated heterocycles. The summed E-state index contributed by atoms with van der Waals surface area (Å²) in [5, 5.41) is 17.9. The van der Waals surface area contributed by atoms with E-state index in [9.17, 15) is 14.9 Å². The number of hydrogen-bond donors (Lipinski definition) is 2. The average molecular weight is 694 g/mol. The molecule has 1 aromatic carbocycles. The maximum atomic E-state index is 14.0. The number of fused-ring (bicyclic) bond motifs is 2. The van der Waals surface area contributed by atoms with Crippen LogP contribution in [0.25, 0.3) is 26.9 Å². The van der Waals surface area contributed by atoms with Crippen LogP contribution in [0.5, 0.6) is 5.75 Å². The molecule has 0 bridgehead atoms. The lowest BCUT2D eigenvalue weighted by Gasteiger charge is -2.34. The Morgan fingerprint density at radius 1 is 1.08 bits per heavy atom. The number of likely N-dealkylation sites (tertiary alicyclic amines) is 1. The fourth-order valence-corrected chi connectivity index (χ4v) is 7.65. The van der Waals surface area contributed by atoms with E-state index in [4.69, 9.17) is 15.2 Å². The molecule has 2 amide bonds. The maximum Gasteiger partial charge on any atom is 0.410 e. The quantitative estimate of drug-likeness (QED) is 0.228. The Morgan fingerprint density at radius 2 is 1.88 bits per heavy atom. The summed E-state index contributed by atoms with van der Waals surface area (Å²) < 4.78 is 14.9. The first-order chi connectivity index (χ1) is 24.1. The molecule has 6 heterocycles. The van der Waals surface area contributed by atoms with Crippen molar-refractivity contribution in [2.24, 2.45) is 0 Å². The SMILES string of the molecule is CC(C)(C)OC(=O)N1CCC(Oc2c(C(=O)N[C@@H]3CCCN(c4cc(-c5ccc(C#N)nc5)n5ncnc(N)c45)C3)sc3ccccc23)CC1. The number of nitrogens with one attached hydrogen (secondary N) is 1. The Bertz CT molecular complexity index is 2090. The van der Waals surface area contributed by atoms with Gasteiger partial charge in [-0.05, 0) is 63.9 Å². The van der Waals surface area contributed by atoms with Crippen molar-refractivity contribution in [2.75, 3.05) is 36.8 Å².